The van der Waals surface area contributed by atoms with Crippen LogP contribution in [0.3, 0.4) is 0 Å². The van der Waals surface area contributed by atoms with Crippen molar-refractivity contribution in [3.63, 3.8) is 0 Å². The van der Waals surface area contributed by atoms with Crippen molar-refractivity contribution in [2.45, 2.75) is 26.3 Å². The molecule has 2 N–H and O–H groups in total. The van der Waals surface area contributed by atoms with E-state index in [9.17, 15) is 4.79 Å². The summed E-state index contributed by atoms with van der Waals surface area (Å²) in [5, 5.41) is 12.7. The molecule has 0 spiro atoms. The van der Waals surface area contributed by atoms with Crippen LogP contribution in [0.1, 0.15) is 25.8 Å². The lowest BCUT2D eigenvalue weighted by molar-refractivity contribution is -0.117. The van der Waals surface area contributed by atoms with E-state index in [4.69, 9.17) is 28.3 Å². The molecule has 0 aromatic heterocycles. The lowest BCUT2D eigenvalue weighted by Crippen LogP contribution is -2.38. The first-order valence-electron chi connectivity index (χ1n) is 6.49. The molecule has 0 aliphatic rings. The SMILES string of the molecule is CC(C)C(CCO)NC(=O)/C=C/c1cccc(Cl)c1Cl. The average Bonchev–Trinajstić information content (AvgIpc) is 2.40. The van der Waals surface area contributed by atoms with Gasteiger partial charge in [-0.15, -0.1) is 0 Å². The second-order valence-corrected chi connectivity index (χ2v) is 5.63. The van der Waals surface area contributed by atoms with Gasteiger partial charge >= 0.3 is 0 Å². The van der Waals surface area contributed by atoms with Crippen LogP contribution in [0.5, 0.6) is 0 Å². The molecule has 1 aromatic carbocycles. The molecular weight excluding hydrogens is 297 g/mol. The number of hydrogen-bond acceptors (Lipinski definition) is 2. The zero-order valence-corrected chi connectivity index (χ0v) is 13.1. The molecule has 0 saturated heterocycles. The maximum absolute atomic E-state index is 11.8. The van der Waals surface area contributed by atoms with Gasteiger partial charge in [-0.05, 0) is 30.0 Å². The van der Waals surface area contributed by atoms with E-state index >= 15 is 0 Å². The first-order valence-corrected chi connectivity index (χ1v) is 7.24. The molecule has 5 heteroatoms. The number of halogens is 2. The maximum atomic E-state index is 11.8. The van der Waals surface area contributed by atoms with Crippen molar-refractivity contribution >= 4 is 35.2 Å². The van der Waals surface area contributed by atoms with Crippen LogP contribution in [0, 0.1) is 5.92 Å². The Kier molecular flexibility index (Phi) is 7.06. The molecule has 0 aliphatic heterocycles. The molecule has 1 rings (SSSR count). The number of carbonyl (C=O) groups excluding carboxylic acids is 1. The highest BCUT2D eigenvalue weighted by molar-refractivity contribution is 6.42. The second kappa shape index (κ2) is 8.30. The Hall–Kier alpha value is -1.03. The molecule has 0 fully saturated rings. The van der Waals surface area contributed by atoms with Gasteiger partial charge in [-0.3, -0.25) is 4.79 Å². The van der Waals surface area contributed by atoms with E-state index in [1.807, 2.05) is 13.8 Å². The maximum Gasteiger partial charge on any atom is 0.244 e. The van der Waals surface area contributed by atoms with Gasteiger partial charge in [0.2, 0.25) is 5.91 Å². The van der Waals surface area contributed by atoms with Crippen LogP contribution in [0.4, 0.5) is 0 Å². The third kappa shape index (κ3) is 5.16. The summed E-state index contributed by atoms with van der Waals surface area (Å²) >= 11 is 11.9. The fourth-order valence-corrected chi connectivity index (χ4v) is 2.13. The van der Waals surface area contributed by atoms with E-state index in [0.29, 0.717) is 22.0 Å². The van der Waals surface area contributed by atoms with Crippen molar-refractivity contribution in [3.05, 3.63) is 39.9 Å². The number of hydrogen-bond donors (Lipinski definition) is 2. The minimum absolute atomic E-state index is 0.0486. The van der Waals surface area contributed by atoms with Crippen LogP contribution >= 0.6 is 23.2 Å². The molecule has 1 unspecified atom stereocenters. The van der Waals surface area contributed by atoms with Crippen LogP contribution < -0.4 is 5.32 Å². The molecule has 3 nitrogen and oxygen atoms in total. The van der Waals surface area contributed by atoms with Crippen molar-refractivity contribution in [3.8, 4) is 0 Å². The highest BCUT2D eigenvalue weighted by Crippen LogP contribution is 2.26. The van der Waals surface area contributed by atoms with Crippen molar-refractivity contribution < 1.29 is 9.90 Å². The molecule has 0 aliphatic carbocycles. The molecule has 0 bridgehead atoms. The molecule has 0 heterocycles. The molecule has 0 saturated carbocycles. The van der Waals surface area contributed by atoms with Crippen LogP contribution in [0.15, 0.2) is 24.3 Å². The Morgan fingerprint density at radius 3 is 2.70 bits per heavy atom. The van der Waals surface area contributed by atoms with Gasteiger partial charge in [-0.25, -0.2) is 0 Å². The van der Waals surface area contributed by atoms with Gasteiger partial charge in [-0.1, -0.05) is 49.2 Å². The van der Waals surface area contributed by atoms with Crippen molar-refractivity contribution in [1.82, 2.24) is 5.32 Å². The Morgan fingerprint density at radius 1 is 1.40 bits per heavy atom. The fraction of sp³-hybridized carbons (Fsp3) is 0.400. The average molecular weight is 316 g/mol. The van der Waals surface area contributed by atoms with Gasteiger partial charge in [-0.2, -0.15) is 0 Å². The number of nitrogens with one attached hydrogen (secondary N) is 1. The minimum Gasteiger partial charge on any atom is -0.396 e. The topological polar surface area (TPSA) is 49.3 Å². The van der Waals surface area contributed by atoms with Crippen LogP contribution in [-0.4, -0.2) is 23.7 Å². The smallest absolute Gasteiger partial charge is 0.244 e. The van der Waals surface area contributed by atoms with Crippen LogP contribution in [0.2, 0.25) is 10.0 Å². The van der Waals surface area contributed by atoms with E-state index in [1.54, 1.807) is 24.3 Å². The normalized spacial score (nSPS) is 12.9. The minimum atomic E-state index is -0.215. The summed E-state index contributed by atoms with van der Waals surface area (Å²) in [6.07, 6.45) is 3.58. The lowest BCUT2D eigenvalue weighted by atomic mass is 10.0. The zero-order chi connectivity index (χ0) is 15.1. The lowest BCUT2D eigenvalue weighted by Gasteiger charge is -2.20. The Balaban J connectivity index is 2.70. The van der Waals surface area contributed by atoms with Gasteiger partial charge in [0.1, 0.15) is 0 Å². The van der Waals surface area contributed by atoms with Gasteiger partial charge in [0, 0.05) is 18.7 Å². The van der Waals surface area contributed by atoms with E-state index in [-0.39, 0.29) is 24.5 Å². The molecule has 20 heavy (non-hydrogen) atoms. The van der Waals surface area contributed by atoms with Crippen molar-refractivity contribution in [2.24, 2.45) is 5.92 Å². The first-order chi connectivity index (χ1) is 9.45. The molecular formula is C15H19Cl2NO2. The summed E-state index contributed by atoms with van der Waals surface area (Å²) < 4.78 is 0. The molecule has 1 amide bonds. The van der Waals surface area contributed by atoms with Gasteiger partial charge in [0.25, 0.3) is 0 Å². The standard InChI is InChI=1S/C15H19Cl2NO2/c1-10(2)13(8-9-19)18-14(20)7-6-11-4-3-5-12(16)15(11)17/h3-7,10,13,19H,8-9H2,1-2H3,(H,18,20)/b7-6+. The first kappa shape index (κ1) is 17.0. The number of rotatable bonds is 6. The molecule has 1 atom stereocenters. The predicted molar refractivity (Wildman–Crippen MR) is 84.0 cm³/mol. The predicted octanol–water partition coefficient (Wildman–Crippen LogP) is 3.53. The Bertz CT molecular complexity index is 487. The van der Waals surface area contributed by atoms with Crippen LogP contribution in [-0.2, 0) is 4.79 Å². The fourth-order valence-electron chi connectivity index (χ4n) is 1.76. The zero-order valence-electron chi connectivity index (χ0n) is 11.6. The summed E-state index contributed by atoms with van der Waals surface area (Å²) in [6, 6.07) is 5.20. The number of amides is 1. The third-order valence-electron chi connectivity index (χ3n) is 2.97. The monoisotopic (exact) mass is 315 g/mol. The molecule has 1 aromatic rings. The third-order valence-corrected chi connectivity index (χ3v) is 3.80. The second-order valence-electron chi connectivity index (χ2n) is 4.85. The summed E-state index contributed by atoms with van der Waals surface area (Å²) in [6.45, 7) is 4.04. The largest absolute Gasteiger partial charge is 0.396 e. The summed E-state index contributed by atoms with van der Waals surface area (Å²) in [4.78, 5) is 11.8. The summed E-state index contributed by atoms with van der Waals surface area (Å²) in [5.74, 6) is 0.0439. The quantitative estimate of drug-likeness (QED) is 0.789. The number of benzene rings is 1. The van der Waals surface area contributed by atoms with E-state index in [0.717, 1.165) is 0 Å². The van der Waals surface area contributed by atoms with E-state index < -0.39 is 0 Å². The Morgan fingerprint density at radius 2 is 2.10 bits per heavy atom. The van der Waals surface area contributed by atoms with Gasteiger partial charge in [0.05, 0.1) is 10.0 Å². The van der Waals surface area contributed by atoms with E-state index in [1.165, 1.54) is 6.08 Å². The number of aliphatic hydroxyl groups is 1. The number of carbonyl (C=O) groups is 1. The number of aliphatic hydroxyl groups excluding tert-OH is 1. The molecule has 0 radical (unpaired) electrons. The van der Waals surface area contributed by atoms with Crippen molar-refractivity contribution in [2.75, 3.05) is 6.61 Å². The van der Waals surface area contributed by atoms with Crippen LogP contribution in [0.25, 0.3) is 6.08 Å². The van der Waals surface area contributed by atoms with Gasteiger partial charge in [0.15, 0.2) is 0 Å². The highest BCUT2D eigenvalue weighted by Gasteiger charge is 2.14. The van der Waals surface area contributed by atoms with Gasteiger partial charge < -0.3 is 10.4 Å². The highest BCUT2D eigenvalue weighted by atomic mass is 35.5. The molecule has 110 valence electrons. The Labute approximate surface area is 129 Å². The summed E-state index contributed by atoms with van der Waals surface area (Å²) in [5.41, 5.74) is 0.692. The summed E-state index contributed by atoms with van der Waals surface area (Å²) in [7, 11) is 0. The van der Waals surface area contributed by atoms with Crippen molar-refractivity contribution in [1.29, 1.82) is 0 Å². The van der Waals surface area contributed by atoms with E-state index in [2.05, 4.69) is 5.32 Å².